The minimum Gasteiger partial charge on any atom is -0.245 e. The molecule has 1 aliphatic heterocycles. The number of halogens is 1. The van der Waals surface area contributed by atoms with Gasteiger partial charge in [0.05, 0.1) is 15.7 Å². The highest BCUT2D eigenvalue weighted by Gasteiger charge is 2.35. The third-order valence-corrected chi connectivity index (χ3v) is 5.59. The first-order chi connectivity index (χ1) is 6.49. The number of nitrogens with zero attached hydrogens (tertiary/aromatic N) is 2. The molecular formula is C7H9BrN2O2S2. The van der Waals surface area contributed by atoms with Gasteiger partial charge >= 0.3 is 0 Å². The van der Waals surface area contributed by atoms with Crippen molar-refractivity contribution in [2.45, 2.75) is 6.92 Å². The topological polar surface area (TPSA) is 50.3 Å². The number of thiazole rings is 1. The minimum absolute atomic E-state index is 0.183. The van der Waals surface area contributed by atoms with Crippen molar-refractivity contribution in [2.24, 2.45) is 5.92 Å². The van der Waals surface area contributed by atoms with Crippen molar-refractivity contribution in [1.29, 1.82) is 0 Å². The van der Waals surface area contributed by atoms with E-state index in [1.54, 1.807) is 6.20 Å². The molecule has 14 heavy (non-hydrogen) atoms. The zero-order valence-electron chi connectivity index (χ0n) is 7.47. The molecule has 1 aromatic heterocycles. The van der Waals surface area contributed by atoms with Crippen LogP contribution >= 0.6 is 27.3 Å². The SMILES string of the molecule is CC1CN(c2ncc(Br)s2)S(=O)(=O)C1. The van der Waals surface area contributed by atoms with Crippen LogP contribution in [0.4, 0.5) is 5.13 Å². The third kappa shape index (κ3) is 1.80. The largest absolute Gasteiger partial charge is 0.245 e. The van der Waals surface area contributed by atoms with E-state index < -0.39 is 10.0 Å². The molecule has 0 saturated carbocycles. The van der Waals surface area contributed by atoms with E-state index >= 15 is 0 Å². The predicted molar refractivity (Wildman–Crippen MR) is 60.1 cm³/mol. The standard InChI is InChI=1S/C7H9BrN2O2S2/c1-5-3-10(14(11,12)4-5)7-9-2-6(8)13-7/h2,5H,3-4H2,1H3. The number of hydrogen-bond acceptors (Lipinski definition) is 4. The highest BCUT2D eigenvalue weighted by Crippen LogP contribution is 2.32. The summed E-state index contributed by atoms with van der Waals surface area (Å²) < 4.78 is 25.6. The summed E-state index contributed by atoms with van der Waals surface area (Å²) in [7, 11) is -3.12. The lowest BCUT2D eigenvalue weighted by Crippen LogP contribution is -2.24. The van der Waals surface area contributed by atoms with Crippen LogP contribution < -0.4 is 4.31 Å². The molecule has 2 rings (SSSR count). The summed E-state index contributed by atoms with van der Waals surface area (Å²) in [5, 5.41) is 0.557. The van der Waals surface area contributed by atoms with E-state index in [1.165, 1.54) is 15.6 Å². The first-order valence-electron chi connectivity index (χ1n) is 4.11. The molecule has 1 atom stereocenters. The predicted octanol–water partition coefficient (Wildman–Crippen LogP) is 1.69. The Hall–Kier alpha value is -0.140. The van der Waals surface area contributed by atoms with Crippen molar-refractivity contribution in [3.8, 4) is 0 Å². The van der Waals surface area contributed by atoms with E-state index in [4.69, 9.17) is 0 Å². The number of hydrogen-bond donors (Lipinski definition) is 0. The van der Waals surface area contributed by atoms with Gasteiger partial charge in [0.15, 0.2) is 5.13 Å². The Balaban J connectivity index is 2.36. The Bertz CT molecular complexity index is 442. The molecule has 0 bridgehead atoms. The van der Waals surface area contributed by atoms with E-state index in [-0.39, 0.29) is 11.7 Å². The highest BCUT2D eigenvalue weighted by atomic mass is 79.9. The number of anilines is 1. The maximum Gasteiger partial charge on any atom is 0.237 e. The second-order valence-electron chi connectivity index (χ2n) is 3.36. The zero-order chi connectivity index (χ0) is 10.3. The second kappa shape index (κ2) is 3.46. The summed E-state index contributed by atoms with van der Waals surface area (Å²) in [6.07, 6.45) is 1.62. The average molecular weight is 297 g/mol. The van der Waals surface area contributed by atoms with Crippen LogP contribution in [0.1, 0.15) is 6.92 Å². The second-order valence-corrected chi connectivity index (χ2v) is 7.69. The van der Waals surface area contributed by atoms with E-state index in [1.807, 2.05) is 6.92 Å². The number of rotatable bonds is 1. The van der Waals surface area contributed by atoms with E-state index in [9.17, 15) is 8.42 Å². The minimum atomic E-state index is -3.12. The first kappa shape index (κ1) is 10.4. The smallest absolute Gasteiger partial charge is 0.237 e. The van der Waals surface area contributed by atoms with Crippen LogP contribution in [0.15, 0.2) is 9.98 Å². The molecule has 0 aromatic carbocycles. The van der Waals surface area contributed by atoms with Crippen molar-refractivity contribution < 1.29 is 8.42 Å². The summed E-state index contributed by atoms with van der Waals surface area (Å²) in [5.41, 5.74) is 0. The fourth-order valence-corrected chi connectivity index (χ4v) is 4.78. The van der Waals surface area contributed by atoms with Gasteiger partial charge in [-0.1, -0.05) is 18.3 Å². The molecule has 78 valence electrons. The Kier molecular flexibility index (Phi) is 2.57. The monoisotopic (exact) mass is 296 g/mol. The van der Waals surface area contributed by atoms with E-state index in [2.05, 4.69) is 20.9 Å². The zero-order valence-corrected chi connectivity index (χ0v) is 10.7. The number of aromatic nitrogens is 1. The molecule has 2 heterocycles. The van der Waals surface area contributed by atoms with Crippen LogP contribution in [-0.4, -0.2) is 25.7 Å². The molecule has 7 heteroatoms. The van der Waals surface area contributed by atoms with Crippen LogP contribution in [0.5, 0.6) is 0 Å². The van der Waals surface area contributed by atoms with Crippen molar-refractivity contribution in [1.82, 2.24) is 4.98 Å². The average Bonchev–Trinajstić information content (AvgIpc) is 2.55. The molecule has 0 spiro atoms. The third-order valence-electron chi connectivity index (χ3n) is 1.99. The molecule has 1 saturated heterocycles. The van der Waals surface area contributed by atoms with Crippen molar-refractivity contribution in [3.05, 3.63) is 9.98 Å². The fourth-order valence-electron chi connectivity index (χ4n) is 1.46. The Morgan fingerprint density at radius 3 is 2.86 bits per heavy atom. The van der Waals surface area contributed by atoms with Crippen LogP contribution in [0.25, 0.3) is 0 Å². The molecule has 0 amide bonds. The normalized spacial score (nSPS) is 25.6. The fraction of sp³-hybridized carbons (Fsp3) is 0.571. The van der Waals surface area contributed by atoms with Gasteiger partial charge in [-0.3, -0.25) is 0 Å². The van der Waals surface area contributed by atoms with Crippen LogP contribution in [0.3, 0.4) is 0 Å². The maximum atomic E-state index is 11.7. The van der Waals surface area contributed by atoms with Gasteiger partial charge in [0.1, 0.15) is 0 Å². The molecule has 1 aromatic rings. The van der Waals surface area contributed by atoms with Crippen LogP contribution in [-0.2, 0) is 10.0 Å². The molecular weight excluding hydrogens is 288 g/mol. The lowest BCUT2D eigenvalue weighted by atomic mass is 10.2. The van der Waals surface area contributed by atoms with Crippen LogP contribution in [0, 0.1) is 5.92 Å². The summed E-state index contributed by atoms with van der Waals surface area (Å²) >= 11 is 4.61. The quantitative estimate of drug-likeness (QED) is 0.792. The molecule has 0 aliphatic carbocycles. The number of sulfonamides is 1. The molecule has 0 N–H and O–H groups in total. The molecule has 4 nitrogen and oxygen atoms in total. The summed E-state index contributed by atoms with van der Waals surface area (Å²) in [6.45, 7) is 2.47. The summed E-state index contributed by atoms with van der Waals surface area (Å²) in [6, 6.07) is 0. The Morgan fingerprint density at radius 1 is 1.71 bits per heavy atom. The Morgan fingerprint density at radius 2 is 2.43 bits per heavy atom. The van der Waals surface area contributed by atoms with Gasteiger partial charge in [-0.25, -0.2) is 17.7 Å². The van der Waals surface area contributed by atoms with Gasteiger partial charge < -0.3 is 0 Å². The van der Waals surface area contributed by atoms with Crippen molar-refractivity contribution >= 4 is 42.4 Å². The van der Waals surface area contributed by atoms with Gasteiger partial charge in [0, 0.05) is 6.54 Å². The van der Waals surface area contributed by atoms with Gasteiger partial charge in [-0.2, -0.15) is 0 Å². The van der Waals surface area contributed by atoms with Gasteiger partial charge in [-0.15, -0.1) is 0 Å². The maximum absolute atomic E-state index is 11.7. The molecule has 0 radical (unpaired) electrons. The van der Waals surface area contributed by atoms with E-state index in [0.29, 0.717) is 11.7 Å². The van der Waals surface area contributed by atoms with Crippen molar-refractivity contribution in [3.63, 3.8) is 0 Å². The molecule has 1 unspecified atom stereocenters. The Labute approximate surface area is 95.1 Å². The van der Waals surface area contributed by atoms with Gasteiger partial charge in [-0.05, 0) is 21.8 Å². The summed E-state index contributed by atoms with van der Waals surface area (Å²) in [5.74, 6) is 0.409. The van der Waals surface area contributed by atoms with Gasteiger partial charge in [0.2, 0.25) is 10.0 Å². The highest BCUT2D eigenvalue weighted by molar-refractivity contribution is 9.11. The first-order valence-corrected chi connectivity index (χ1v) is 7.32. The molecule has 1 fully saturated rings. The van der Waals surface area contributed by atoms with E-state index in [0.717, 1.165) is 3.79 Å². The molecule has 1 aliphatic rings. The van der Waals surface area contributed by atoms with Crippen molar-refractivity contribution in [2.75, 3.05) is 16.6 Å². The lowest BCUT2D eigenvalue weighted by molar-refractivity contribution is 0.598. The lowest BCUT2D eigenvalue weighted by Gasteiger charge is -2.12. The van der Waals surface area contributed by atoms with Crippen LogP contribution in [0.2, 0.25) is 0 Å². The summed E-state index contributed by atoms with van der Waals surface area (Å²) in [4.78, 5) is 4.05. The van der Waals surface area contributed by atoms with Gasteiger partial charge in [0.25, 0.3) is 0 Å².